The van der Waals surface area contributed by atoms with Gasteiger partial charge in [0.05, 0.1) is 5.54 Å². The van der Waals surface area contributed by atoms with Crippen LogP contribution in [0.5, 0.6) is 0 Å². The van der Waals surface area contributed by atoms with Crippen LogP contribution in [0.1, 0.15) is 32.3 Å². The highest BCUT2D eigenvalue weighted by Crippen LogP contribution is 2.22. The van der Waals surface area contributed by atoms with E-state index in [2.05, 4.69) is 34.5 Å². The minimum atomic E-state index is -0.507. The first-order chi connectivity index (χ1) is 9.66. The van der Waals surface area contributed by atoms with Crippen molar-refractivity contribution >= 4 is 5.91 Å². The van der Waals surface area contributed by atoms with Gasteiger partial charge in [-0.25, -0.2) is 0 Å². The molecular formula is C16H27N3O. The number of hydrogen-bond donors (Lipinski definition) is 2. The summed E-state index contributed by atoms with van der Waals surface area (Å²) in [6.45, 7) is 6.75. The SMILES string of the molecule is CC.CNC1(C(N)=O)CCN(Cc2ccccc2)CC1. The van der Waals surface area contributed by atoms with Gasteiger partial charge in [0.15, 0.2) is 0 Å². The quantitative estimate of drug-likeness (QED) is 0.881. The summed E-state index contributed by atoms with van der Waals surface area (Å²) in [6, 6.07) is 10.4. The summed E-state index contributed by atoms with van der Waals surface area (Å²) in [6.07, 6.45) is 1.57. The molecule has 1 aromatic rings. The van der Waals surface area contributed by atoms with Crippen LogP contribution in [0.25, 0.3) is 0 Å². The Labute approximate surface area is 122 Å². The van der Waals surface area contributed by atoms with Gasteiger partial charge in [-0.1, -0.05) is 44.2 Å². The lowest BCUT2D eigenvalue weighted by Crippen LogP contribution is -2.59. The van der Waals surface area contributed by atoms with Crippen molar-refractivity contribution in [1.82, 2.24) is 10.2 Å². The number of nitrogens with one attached hydrogen (secondary N) is 1. The summed E-state index contributed by atoms with van der Waals surface area (Å²) in [7, 11) is 1.82. The molecule has 1 aromatic carbocycles. The first kappa shape index (κ1) is 16.7. The lowest BCUT2D eigenvalue weighted by molar-refractivity contribution is -0.126. The van der Waals surface area contributed by atoms with Gasteiger partial charge in [0.1, 0.15) is 0 Å². The predicted octanol–water partition coefficient (Wildman–Crippen LogP) is 1.75. The van der Waals surface area contributed by atoms with E-state index < -0.39 is 5.54 Å². The summed E-state index contributed by atoms with van der Waals surface area (Å²) < 4.78 is 0. The molecule has 1 aliphatic rings. The molecule has 1 saturated heterocycles. The number of rotatable bonds is 4. The van der Waals surface area contributed by atoms with E-state index in [1.165, 1.54) is 5.56 Å². The molecule has 0 atom stereocenters. The zero-order chi connectivity index (χ0) is 15.0. The third kappa shape index (κ3) is 4.05. The molecular weight excluding hydrogens is 250 g/mol. The largest absolute Gasteiger partial charge is 0.368 e. The first-order valence-electron chi connectivity index (χ1n) is 7.41. The smallest absolute Gasteiger partial charge is 0.237 e. The molecule has 0 unspecified atom stereocenters. The van der Waals surface area contributed by atoms with Crippen LogP contribution in [0.4, 0.5) is 0 Å². The van der Waals surface area contributed by atoms with Crippen molar-refractivity contribution in [1.29, 1.82) is 0 Å². The Hall–Kier alpha value is -1.39. The lowest BCUT2D eigenvalue weighted by Gasteiger charge is -2.39. The number of likely N-dealkylation sites (tertiary alicyclic amines) is 1. The fourth-order valence-corrected chi connectivity index (χ4v) is 2.55. The number of primary amides is 1. The molecule has 4 heteroatoms. The average Bonchev–Trinajstić information content (AvgIpc) is 2.51. The van der Waals surface area contributed by atoms with Crippen LogP contribution in [0, 0.1) is 0 Å². The molecule has 1 heterocycles. The Morgan fingerprint density at radius 1 is 1.25 bits per heavy atom. The number of benzene rings is 1. The van der Waals surface area contributed by atoms with E-state index in [0.717, 1.165) is 32.5 Å². The van der Waals surface area contributed by atoms with Crippen LogP contribution in [-0.4, -0.2) is 36.5 Å². The molecule has 0 saturated carbocycles. The minimum Gasteiger partial charge on any atom is -0.368 e. The van der Waals surface area contributed by atoms with Crippen LogP contribution in [0.2, 0.25) is 0 Å². The standard InChI is InChI=1S/C14H21N3O.C2H6/c1-16-14(13(15)18)7-9-17(10-8-14)11-12-5-3-2-4-6-12;1-2/h2-6,16H,7-11H2,1H3,(H2,15,18);1-2H3. The number of amides is 1. The molecule has 1 fully saturated rings. The molecule has 2 rings (SSSR count). The van der Waals surface area contributed by atoms with E-state index >= 15 is 0 Å². The number of carbonyl (C=O) groups is 1. The summed E-state index contributed by atoms with van der Waals surface area (Å²) in [4.78, 5) is 13.9. The van der Waals surface area contributed by atoms with Gasteiger partial charge in [0.2, 0.25) is 5.91 Å². The van der Waals surface area contributed by atoms with Gasteiger partial charge in [0, 0.05) is 19.6 Å². The Balaban J connectivity index is 0.000000956. The Kier molecular flexibility index (Phi) is 6.68. The number of nitrogens with two attached hydrogens (primary N) is 1. The maximum Gasteiger partial charge on any atom is 0.237 e. The van der Waals surface area contributed by atoms with Crippen molar-refractivity contribution in [2.24, 2.45) is 5.73 Å². The van der Waals surface area contributed by atoms with Crippen LogP contribution in [0.15, 0.2) is 30.3 Å². The minimum absolute atomic E-state index is 0.232. The summed E-state index contributed by atoms with van der Waals surface area (Å²) in [5.74, 6) is -0.232. The lowest BCUT2D eigenvalue weighted by atomic mass is 9.87. The highest BCUT2D eigenvalue weighted by molar-refractivity contribution is 5.84. The van der Waals surface area contributed by atoms with Gasteiger partial charge in [-0.3, -0.25) is 9.69 Å². The zero-order valence-corrected chi connectivity index (χ0v) is 12.9. The van der Waals surface area contributed by atoms with Crippen molar-refractivity contribution < 1.29 is 4.79 Å². The molecule has 0 bridgehead atoms. The van der Waals surface area contributed by atoms with Crippen LogP contribution < -0.4 is 11.1 Å². The molecule has 1 amide bonds. The van der Waals surface area contributed by atoms with E-state index in [0.29, 0.717) is 0 Å². The number of hydrogen-bond acceptors (Lipinski definition) is 3. The summed E-state index contributed by atoms with van der Waals surface area (Å²) >= 11 is 0. The summed E-state index contributed by atoms with van der Waals surface area (Å²) in [5, 5.41) is 3.10. The summed E-state index contributed by atoms with van der Waals surface area (Å²) in [5.41, 5.74) is 6.30. The molecule has 0 spiro atoms. The highest BCUT2D eigenvalue weighted by Gasteiger charge is 2.38. The highest BCUT2D eigenvalue weighted by atomic mass is 16.1. The predicted molar refractivity (Wildman–Crippen MR) is 83.3 cm³/mol. The van der Waals surface area contributed by atoms with E-state index in [1.54, 1.807) is 0 Å². The van der Waals surface area contributed by atoms with Crippen LogP contribution in [-0.2, 0) is 11.3 Å². The third-order valence-electron chi connectivity index (χ3n) is 3.91. The molecule has 3 N–H and O–H groups in total. The Morgan fingerprint density at radius 3 is 2.25 bits per heavy atom. The van der Waals surface area contributed by atoms with Crippen molar-refractivity contribution in [3.63, 3.8) is 0 Å². The maximum absolute atomic E-state index is 11.5. The van der Waals surface area contributed by atoms with Crippen molar-refractivity contribution in [2.75, 3.05) is 20.1 Å². The van der Waals surface area contributed by atoms with Gasteiger partial charge < -0.3 is 11.1 Å². The maximum atomic E-state index is 11.5. The van der Waals surface area contributed by atoms with Crippen molar-refractivity contribution in [2.45, 2.75) is 38.8 Å². The zero-order valence-electron chi connectivity index (χ0n) is 12.9. The fourth-order valence-electron chi connectivity index (χ4n) is 2.55. The number of piperidine rings is 1. The van der Waals surface area contributed by atoms with E-state index in [-0.39, 0.29) is 5.91 Å². The Morgan fingerprint density at radius 2 is 1.80 bits per heavy atom. The van der Waals surface area contributed by atoms with Gasteiger partial charge >= 0.3 is 0 Å². The molecule has 0 radical (unpaired) electrons. The van der Waals surface area contributed by atoms with Crippen molar-refractivity contribution in [3.05, 3.63) is 35.9 Å². The van der Waals surface area contributed by atoms with E-state index in [9.17, 15) is 4.79 Å². The van der Waals surface area contributed by atoms with Gasteiger partial charge in [-0.2, -0.15) is 0 Å². The first-order valence-corrected chi connectivity index (χ1v) is 7.41. The van der Waals surface area contributed by atoms with Gasteiger partial charge in [0.25, 0.3) is 0 Å². The van der Waals surface area contributed by atoms with Gasteiger partial charge in [-0.05, 0) is 25.5 Å². The normalized spacial score (nSPS) is 17.9. The van der Waals surface area contributed by atoms with Crippen LogP contribution in [0.3, 0.4) is 0 Å². The average molecular weight is 277 g/mol. The molecule has 0 aliphatic carbocycles. The monoisotopic (exact) mass is 277 g/mol. The number of carbonyl (C=O) groups excluding carboxylic acids is 1. The third-order valence-corrected chi connectivity index (χ3v) is 3.91. The molecule has 0 aromatic heterocycles. The van der Waals surface area contributed by atoms with Gasteiger partial charge in [-0.15, -0.1) is 0 Å². The number of likely N-dealkylation sites (N-methyl/N-ethyl adjacent to an activating group) is 1. The van der Waals surface area contributed by atoms with Crippen LogP contribution >= 0.6 is 0 Å². The topological polar surface area (TPSA) is 58.4 Å². The molecule has 1 aliphatic heterocycles. The second kappa shape index (κ2) is 8.02. The fraction of sp³-hybridized carbons (Fsp3) is 0.562. The van der Waals surface area contributed by atoms with E-state index in [4.69, 9.17) is 5.73 Å². The Bertz CT molecular complexity index is 397. The second-order valence-electron chi connectivity index (χ2n) is 4.96. The van der Waals surface area contributed by atoms with Crippen molar-refractivity contribution in [3.8, 4) is 0 Å². The molecule has 4 nitrogen and oxygen atoms in total. The number of nitrogens with zero attached hydrogens (tertiary/aromatic N) is 1. The molecule has 112 valence electrons. The van der Waals surface area contributed by atoms with E-state index in [1.807, 2.05) is 27.0 Å². The molecule has 20 heavy (non-hydrogen) atoms. The second-order valence-corrected chi connectivity index (χ2v) is 4.96.